The summed E-state index contributed by atoms with van der Waals surface area (Å²) in [5.74, 6) is -0.991. The number of rotatable bonds is 10. The highest BCUT2D eigenvalue weighted by Gasteiger charge is 2.48. The van der Waals surface area contributed by atoms with E-state index in [0.29, 0.717) is 35.9 Å². The minimum atomic E-state index is -1.11. The van der Waals surface area contributed by atoms with E-state index >= 15 is 4.39 Å². The molecule has 338 valence electrons. The first-order valence-electron chi connectivity index (χ1n) is 22.7. The summed E-state index contributed by atoms with van der Waals surface area (Å²) in [6.07, 6.45) is 10.2. The van der Waals surface area contributed by atoms with E-state index in [2.05, 4.69) is 25.4 Å². The highest BCUT2D eigenvalue weighted by Crippen LogP contribution is 2.52. The van der Waals surface area contributed by atoms with Crippen molar-refractivity contribution in [3.8, 4) is 0 Å². The lowest BCUT2D eigenvalue weighted by Crippen LogP contribution is -2.52. The molecule has 2 aliphatic carbocycles. The van der Waals surface area contributed by atoms with E-state index in [1.165, 1.54) is 16.2 Å². The fourth-order valence-electron chi connectivity index (χ4n) is 11.0. The first-order valence-corrected chi connectivity index (χ1v) is 24.2. The number of piperazine rings is 1. The number of fused-ring (bicyclic) bond motifs is 2. The molecule has 15 nitrogen and oxygen atoms in total. The van der Waals surface area contributed by atoms with Crippen LogP contribution in [0.3, 0.4) is 0 Å². The Balaban J connectivity index is 0.693. The third kappa shape index (κ3) is 7.85. The number of hydrogen-bond acceptors (Lipinski definition) is 11. The van der Waals surface area contributed by atoms with Gasteiger partial charge in [0.05, 0.1) is 22.0 Å². The topological polar surface area (TPSA) is 160 Å². The predicted octanol–water partition coefficient (Wildman–Crippen LogP) is 5.56. The van der Waals surface area contributed by atoms with Gasteiger partial charge in [0.15, 0.2) is 5.82 Å². The van der Waals surface area contributed by atoms with Crippen molar-refractivity contribution in [2.24, 2.45) is 12.5 Å². The quantitative estimate of drug-likeness (QED) is 0.169. The minimum Gasteiger partial charge on any atom is -0.367 e. The van der Waals surface area contributed by atoms with Crippen LogP contribution in [-0.4, -0.2) is 107 Å². The van der Waals surface area contributed by atoms with Gasteiger partial charge < -0.3 is 15.1 Å². The second-order valence-corrected chi connectivity index (χ2v) is 20.8. The SMILES string of the molecule is Cc1cc(S(=O)C2CC3(CCN(CCN4CCN(c5ccc6c(c5F)n(C)c(=O)n6C5CCC(=O)NC5=O)CC4)CC3)C2)ccc1Nc1ncc2cc(Cl)c(=O)n(C3CCCC3)c2n1. The number of carbonyl (C=O) groups is 2. The van der Waals surface area contributed by atoms with Crippen molar-refractivity contribution in [3.05, 3.63) is 79.8 Å². The molecule has 6 heterocycles. The maximum Gasteiger partial charge on any atom is 0.329 e. The summed E-state index contributed by atoms with van der Waals surface area (Å²) in [6.45, 7) is 8.87. The number of aryl methyl sites for hydroxylation is 2. The van der Waals surface area contributed by atoms with Gasteiger partial charge in [-0.3, -0.25) is 42.5 Å². The lowest BCUT2D eigenvalue weighted by Gasteiger charge is -2.52. The summed E-state index contributed by atoms with van der Waals surface area (Å²) in [7, 11) is 0.411. The van der Waals surface area contributed by atoms with Gasteiger partial charge in [-0.2, -0.15) is 4.98 Å². The monoisotopic (exact) mass is 912 g/mol. The van der Waals surface area contributed by atoms with E-state index in [0.717, 1.165) is 112 Å². The summed E-state index contributed by atoms with van der Waals surface area (Å²) in [4.78, 5) is 67.8. The fourth-order valence-corrected chi connectivity index (χ4v) is 13.1. The predicted molar refractivity (Wildman–Crippen MR) is 246 cm³/mol. The van der Waals surface area contributed by atoms with Gasteiger partial charge >= 0.3 is 5.69 Å². The molecule has 0 radical (unpaired) electrons. The van der Waals surface area contributed by atoms with E-state index in [4.69, 9.17) is 16.6 Å². The van der Waals surface area contributed by atoms with Gasteiger partial charge in [0.25, 0.3) is 5.56 Å². The summed E-state index contributed by atoms with van der Waals surface area (Å²) in [5, 5.41) is 6.68. The van der Waals surface area contributed by atoms with Crippen LogP contribution < -0.4 is 26.8 Å². The van der Waals surface area contributed by atoms with Crippen LogP contribution in [0.25, 0.3) is 22.1 Å². The second kappa shape index (κ2) is 17.1. The van der Waals surface area contributed by atoms with E-state index in [-0.39, 0.29) is 51.6 Å². The number of imidazole rings is 1. The molecular formula is C46H54ClFN10O5S. The van der Waals surface area contributed by atoms with Crippen LogP contribution in [0.1, 0.15) is 81.9 Å². The van der Waals surface area contributed by atoms with Crippen molar-refractivity contribution in [1.29, 1.82) is 0 Å². The fraction of sp³-hybridized carbons (Fsp3) is 0.522. The Morgan fingerprint density at radius 1 is 0.922 bits per heavy atom. The van der Waals surface area contributed by atoms with Crippen LogP contribution in [0.2, 0.25) is 5.02 Å². The van der Waals surface area contributed by atoms with Crippen molar-refractivity contribution in [2.75, 3.05) is 62.6 Å². The summed E-state index contributed by atoms with van der Waals surface area (Å²) >= 11 is 6.32. The summed E-state index contributed by atoms with van der Waals surface area (Å²) in [6, 6.07) is 10.2. The lowest BCUT2D eigenvalue weighted by molar-refractivity contribution is -0.135. The highest BCUT2D eigenvalue weighted by atomic mass is 35.5. The molecule has 64 heavy (non-hydrogen) atoms. The van der Waals surface area contributed by atoms with Crippen molar-refractivity contribution in [2.45, 2.75) is 93.4 Å². The number of aromatic nitrogens is 5. The molecule has 10 rings (SSSR count). The van der Waals surface area contributed by atoms with Crippen molar-refractivity contribution in [3.63, 3.8) is 0 Å². The molecular weight excluding hydrogens is 859 g/mol. The van der Waals surface area contributed by atoms with Gasteiger partial charge in [0.2, 0.25) is 17.8 Å². The third-order valence-electron chi connectivity index (χ3n) is 14.8. The Labute approximate surface area is 377 Å². The number of halogens is 2. The Hall–Kier alpha value is -4.97. The van der Waals surface area contributed by atoms with Gasteiger partial charge in [0.1, 0.15) is 22.2 Å². The van der Waals surface area contributed by atoms with Gasteiger partial charge in [0, 0.05) is 86.2 Å². The van der Waals surface area contributed by atoms with Crippen LogP contribution in [0.5, 0.6) is 0 Å². The smallest absolute Gasteiger partial charge is 0.329 e. The molecule has 5 aliphatic rings. The molecule has 2 saturated carbocycles. The number of likely N-dealkylation sites (tertiary alicyclic amines) is 1. The lowest BCUT2D eigenvalue weighted by atomic mass is 9.63. The zero-order chi connectivity index (χ0) is 44.4. The van der Waals surface area contributed by atoms with E-state index in [1.54, 1.807) is 29.0 Å². The zero-order valence-corrected chi connectivity index (χ0v) is 37.9. The van der Waals surface area contributed by atoms with Crippen LogP contribution >= 0.6 is 11.6 Å². The Morgan fingerprint density at radius 3 is 2.34 bits per heavy atom. The van der Waals surface area contributed by atoms with Crippen LogP contribution in [0.4, 0.5) is 21.7 Å². The number of carbonyl (C=O) groups excluding carboxylic acids is 2. The summed E-state index contributed by atoms with van der Waals surface area (Å²) in [5.41, 5.74) is 2.87. The first-order chi connectivity index (χ1) is 30.9. The second-order valence-electron chi connectivity index (χ2n) is 18.6. The number of nitrogens with zero attached hydrogens (tertiary/aromatic N) is 8. The number of amides is 2. The van der Waals surface area contributed by atoms with Crippen LogP contribution in [-0.2, 0) is 27.4 Å². The number of anilines is 3. The molecule has 18 heteroatoms. The molecule has 2 atom stereocenters. The van der Waals surface area contributed by atoms with Crippen molar-refractivity contribution < 1.29 is 18.2 Å². The van der Waals surface area contributed by atoms with Gasteiger partial charge in [-0.25, -0.2) is 14.2 Å². The molecule has 2 aromatic carbocycles. The normalized spacial score (nSPS) is 21.8. The van der Waals surface area contributed by atoms with Gasteiger partial charge in [-0.1, -0.05) is 24.4 Å². The minimum absolute atomic E-state index is 0.0777. The number of hydrogen-bond donors (Lipinski definition) is 2. The number of piperidine rings is 2. The maximum absolute atomic E-state index is 16.1. The van der Waals surface area contributed by atoms with Gasteiger partial charge in [-0.15, -0.1) is 0 Å². The van der Waals surface area contributed by atoms with Crippen LogP contribution in [0, 0.1) is 18.2 Å². The molecule has 1 spiro atoms. The first kappa shape index (κ1) is 43.0. The highest BCUT2D eigenvalue weighted by molar-refractivity contribution is 7.85. The van der Waals surface area contributed by atoms with Gasteiger partial charge in [-0.05, 0) is 112 Å². The largest absolute Gasteiger partial charge is 0.367 e. The molecule has 2 amide bonds. The Bertz CT molecular complexity index is 2820. The average molecular weight is 914 g/mol. The van der Waals surface area contributed by atoms with E-state index in [1.807, 2.05) is 30.0 Å². The molecule has 5 aromatic rings. The zero-order valence-electron chi connectivity index (χ0n) is 36.3. The van der Waals surface area contributed by atoms with E-state index in [9.17, 15) is 23.4 Å². The summed E-state index contributed by atoms with van der Waals surface area (Å²) < 4.78 is 34.3. The molecule has 0 bridgehead atoms. The molecule has 3 aromatic heterocycles. The number of pyridine rings is 1. The molecule has 3 saturated heterocycles. The molecule has 3 aliphatic heterocycles. The Morgan fingerprint density at radius 2 is 1.64 bits per heavy atom. The van der Waals surface area contributed by atoms with Crippen molar-refractivity contribution >= 4 is 73.6 Å². The molecule has 2 unspecified atom stereocenters. The number of benzene rings is 2. The third-order valence-corrected chi connectivity index (χ3v) is 16.7. The average Bonchev–Trinajstić information content (AvgIpc) is 3.90. The standard InChI is InChI=1S/C46H54ClFN10O5S/c1-28-23-31(7-8-34(28)50-44-49-27-29-24-33(47)43(61)57(41(29)52-44)30-5-3-4-6-30)64(63)32-25-46(26-32)13-15-54(16-14-46)17-18-55-19-21-56(22-20-55)35-9-10-36-40(39(35)48)53(2)45(62)58(36)37-11-12-38(59)51-42(37)60/h7-10,23-24,27,30,32,37H,3-6,11-22,25-26H2,1-2H3,(H,49,50,52)(H,51,59,60). The molecule has 2 N–H and O–H groups in total. The maximum atomic E-state index is 16.1. The Kier molecular flexibility index (Phi) is 11.5. The van der Waals surface area contributed by atoms with Crippen molar-refractivity contribution in [1.82, 2.24) is 38.8 Å². The molecule has 5 fully saturated rings. The van der Waals surface area contributed by atoms with Crippen LogP contribution in [0.15, 0.2) is 57.1 Å². The number of imide groups is 1. The van der Waals surface area contributed by atoms with E-state index < -0.39 is 34.3 Å². The number of nitrogens with one attached hydrogen (secondary N) is 2.